The molecule has 0 saturated carbocycles. The van der Waals surface area contributed by atoms with Gasteiger partial charge in [-0.3, -0.25) is 0 Å². The van der Waals surface area contributed by atoms with Crippen molar-refractivity contribution in [2.75, 3.05) is 0 Å². The van der Waals surface area contributed by atoms with Gasteiger partial charge in [0.15, 0.2) is 0 Å². The number of hydrogen-bond acceptors (Lipinski definition) is 0. The molecule has 0 N–H and O–H groups in total. The summed E-state index contributed by atoms with van der Waals surface area (Å²) in [5.41, 5.74) is 28.3. The summed E-state index contributed by atoms with van der Waals surface area (Å²) in [4.78, 5) is 0. The van der Waals surface area contributed by atoms with E-state index >= 15 is 0 Å². The minimum absolute atomic E-state index is 0.377. The van der Waals surface area contributed by atoms with Crippen molar-refractivity contribution in [3.8, 4) is 66.8 Å². The van der Waals surface area contributed by atoms with Gasteiger partial charge in [0, 0.05) is 10.2 Å². The molecule has 7 aromatic rings. The SMILES string of the molecule is CC(C)c1cccc(C(C)C)c1-c1cc(-c2cccc(-c3cc(-c4c(C(C)C)cccc4C(C)C)cc(-c4c(C(C)C)cccc4C(C)C)c3)c2C[Si])cc(-c2c(C(C)C)cccc2C(C)C)c1. The van der Waals surface area contributed by atoms with Crippen LogP contribution in [0, 0.1) is 0 Å². The summed E-state index contributed by atoms with van der Waals surface area (Å²) in [5.74, 6) is 3.01. The summed E-state index contributed by atoms with van der Waals surface area (Å²) in [6.45, 7) is 37.6. The van der Waals surface area contributed by atoms with Crippen LogP contribution < -0.4 is 0 Å². The van der Waals surface area contributed by atoms with Gasteiger partial charge in [0.2, 0.25) is 0 Å². The van der Waals surface area contributed by atoms with Crippen LogP contribution in [-0.2, 0) is 6.04 Å². The molecule has 0 aliphatic heterocycles. The normalized spacial score (nSPS) is 12.1. The van der Waals surface area contributed by atoms with Gasteiger partial charge in [-0.1, -0.05) is 202 Å². The monoisotopic (exact) mass is 912 g/mol. The fourth-order valence-corrected chi connectivity index (χ4v) is 11.4. The smallest absolute Gasteiger partial charge is 0.0284 e. The van der Waals surface area contributed by atoms with E-state index in [1.54, 1.807) is 0 Å². The summed E-state index contributed by atoms with van der Waals surface area (Å²) >= 11 is 0. The second-order valence-corrected chi connectivity index (χ2v) is 22.4. The van der Waals surface area contributed by atoms with Crippen molar-refractivity contribution < 1.29 is 0 Å². The molecule has 0 unspecified atom stereocenters. The number of hydrogen-bond donors (Lipinski definition) is 0. The fourth-order valence-electron chi connectivity index (χ4n) is 11.0. The van der Waals surface area contributed by atoms with E-state index < -0.39 is 0 Å². The first-order chi connectivity index (χ1) is 32.3. The first-order valence-electron chi connectivity index (χ1n) is 25.9. The number of rotatable bonds is 15. The van der Waals surface area contributed by atoms with Crippen molar-refractivity contribution in [1.82, 2.24) is 0 Å². The van der Waals surface area contributed by atoms with Gasteiger partial charge in [-0.15, -0.1) is 0 Å². The molecule has 0 bridgehead atoms. The molecule has 0 nitrogen and oxygen atoms in total. The van der Waals surface area contributed by atoms with Crippen LogP contribution in [0.15, 0.2) is 127 Å². The first-order valence-corrected chi connectivity index (χ1v) is 26.6. The first kappa shape index (κ1) is 50.6. The Balaban J connectivity index is 1.61. The van der Waals surface area contributed by atoms with Crippen LogP contribution in [0.2, 0.25) is 0 Å². The standard InChI is InChI=1S/C67H79Si/c1-39(2)53-22-17-23-54(40(3)4)64(53)49-32-47(33-50(36-49)65-55(41(5)6)24-18-25-56(65)42(7)8)61-30-21-31-62(63(61)38-68)48-34-51(66-57(43(9)10)26-19-27-58(66)44(11)12)37-52(35-48)67-59(45(13)14)28-20-29-60(67)46(15)16/h17-37,39-46H,38H2,1-16H3. The second kappa shape index (κ2) is 21.2. The van der Waals surface area contributed by atoms with Gasteiger partial charge < -0.3 is 0 Å². The van der Waals surface area contributed by atoms with E-state index in [2.05, 4.69) is 248 Å². The van der Waals surface area contributed by atoms with Gasteiger partial charge in [-0.2, -0.15) is 0 Å². The molecule has 0 aliphatic carbocycles. The summed E-state index contributed by atoms with van der Waals surface area (Å²) in [6, 6.07) is 50.8. The summed E-state index contributed by atoms with van der Waals surface area (Å²) in [7, 11) is 4.22. The molecule has 0 aromatic heterocycles. The van der Waals surface area contributed by atoms with Crippen LogP contribution in [0.1, 0.15) is 208 Å². The minimum Gasteiger partial charge on any atom is -0.0617 e. The molecule has 0 atom stereocenters. The fraction of sp³-hybridized carbons (Fsp3) is 0.373. The van der Waals surface area contributed by atoms with Crippen molar-refractivity contribution >= 4 is 10.2 Å². The van der Waals surface area contributed by atoms with E-state index in [9.17, 15) is 0 Å². The molecule has 351 valence electrons. The third-order valence-corrected chi connectivity index (χ3v) is 14.8. The molecular weight excluding hydrogens is 833 g/mol. The van der Waals surface area contributed by atoms with Crippen LogP contribution >= 0.6 is 0 Å². The van der Waals surface area contributed by atoms with Gasteiger partial charge in [-0.25, -0.2) is 0 Å². The van der Waals surface area contributed by atoms with Crippen molar-refractivity contribution in [2.24, 2.45) is 0 Å². The Morgan fingerprint density at radius 3 is 0.618 bits per heavy atom. The third kappa shape index (κ3) is 10.1. The minimum atomic E-state index is 0.377. The highest BCUT2D eigenvalue weighted by molar-refractivity contribution is 6.10. The Morgan fingerprint density at radius 2 is 0.441 bits per heavy atom. The Kier molecular flexibility index (Phi) is 15.8. The van der Waals surface area contributed by atoms with Crippen molar-refractivity contribution in [3.05, 3.63) is 177 Å². The molecule has 0 heterocycles. The highest BCUT2D eigenvalue weighted by Crippen LogP contribution is 2.47. The Labute approximate surface area is 416 Å². The lowest BCUT2D eigenvalue weighted by atomic mass is 9.79. The Morgan fingerprint density at radius 1 is 0.265 bits per heavy atom. The molecule has 0 aliphatic rings. The van der Waals surface area contributed by atoms with Gasteiger partial charge in [0.1, 0.15) is 0 Å². The van der Waals surface area contributed by atoms with E-state index in [0.717, 1.165) is 0 Å². The van der Waals surface area contributed by atoms with E-state index in [4.69, 9.17) is 0 Å². The predicted molar refractivity (Wildman–Crippen MR) is 301 cm³/mol. The van der Waals surface area contributed by atoms with Crippen LogP contribution in [-0.4, -0.2) is 10.2 Å². The zero-order valence-electron chi connectivity index (χ0n) is 44.5. The zero-order chi connectivity index (χ0) is 49.3. The Hall–Kier alpha value is -5.24. The molecule has 1 heteroatoms. The van der Waals surface area contributed by atoms with E-state index in [-0.39, 0.29) is 0 Å². The zero-order valence-corrected chi connectivity index (χ0v) is 45.5. The van der Waals surface area contributed by atoms with Crippen molar-refractivity contribution in [2.45, 2.75) is 164 Å². The topological polar surface area (TPSA) is 0 Å². The second-order valence-electron chi connectivity index (χ2n) is 22.1. The third-order valence-electron chi connectivity index (χ3n) is 14.5. The molecule has 0 saturated heterocycles. The predicted octanol–water partition coefficient (Wildman–Crippen LogP) is 20.3. The maximum atomic E-state index is 4.22. The maximum absolute atomic E-state index is 4.22. The van der Waals surface area contributed by atoms with Crippen LogP contribution in [0.3, 0.4) is 0 Å². The average Bonchev–Trinajstić information content (AvgIpc) is 3.32. The highest BCUT2D eigenvalue weighted by Gasteiger charge is 2.25. The van der Waals surface area contributed by atoms with Gasteiger partial charge in [0.05, 0.1) is 0 Å². The Bertz CT molecular complexity index is 2430. The van der Waals surface area contributed by atoms with Crippen molar-refractivity contribution in [3.63, 3.8) is 0 Å². The molecular formula is C67H79Si. The lowest BCUT2D eigenvalue weighted by Gasteiger charge is -2.25. The molecule has 7 rings (SSSR count). The summed E-state index contributed by atoms with van der Waals surface area (Å²) in [6.07, 6.45) is 0. The quantitative estimate of drug-likeness (QED) is 0.0899. The van der Waals surface area contributed by atoms with E-state index in [1.807, 2.05) is 0 Å². The lowest BCUT2D eigenvalue weighted by Crippen LogP contribution is -2.03. The van der Waals surface area contributed by atoms with Crippen molar-refractivity contribution in [1.29, 1.82) is 0 Å². The van der Waals surface area contributed by atoms with Crippen LogP contribution in [0.5, 0.6) is 0 Å². The molecule has 0 fully saturated rings. The summed E-state index contributed by atoms with van der Waals surface area (Å²) in [5, 5.41) is 0. The molecule has 7 aromatic carbocycles. The average molecular weight is 912 g/mol. The number of benzene rings is 7. The lowest BCUT2D eigenvalue weighted by molar-refractivity contribution is 0.836. The molecule has 68 heavy (non-hydrogen) atoms. The van der Waals surface area contributed by atoms with Crippen LogP contribution in [0.4, 0.5) is 0 Å². The molecule has 0 amide bonds. The van der Waals surface area contributed by atoms with E-state index in [1.165, 1.54) is 117 Å². The molecule has 0 spiro atoms. The summed E-state index contributed by atoms with van der Waals surface area (Å²) < 4.78 is 0. The van der Waals surface area contributed by atoms with Gasteiger partial charge in [-0.05, 0) is 207 Å². The maximum Gasteiger partial charge on any atom is 0.0284 e. The largest absolute Gasteiger partial charge is 0.0617 e. The van der Waals surface area contributed by atoms with Crippen LogP contribution in [0.25, 0.3) is 66.8 Å². The van der Waals surface area contributed by atoms with Gasteiger partial charge >= 0.3 is 0 Å². The highest BCUT2D eigenvalue weighted by atomic mass is 28.1. The van der Waals surface area contributed by atoms with E-state index in [0.29, 0.717) is 53.4 Å². The molecule has 3 radical (unpaired) electrons. The van der Waals surface area contributed by atoms with Gasteiger partial charge in [0.25, 0.3) is 0 Å².